The molecule has 0 spiro atoms. The monoisotopic (exact) mass is 517 g/mol. The third-order valence-electron chi connectivity index (χ3n) is 7.72. The number of fused-ring (bicyclic) bond motifs is 2. The maximum absolute atomic E-state index is 13.7. The van der Waals surface area contributed by atoms with E-state index in [2.05, 4.69) is 16.3 Å². The lowest BCUT2D eigenvalue weighted by atomic mass is 9.98. The Morgan fingerprint density at radius 2 is 1.56 bits per heavy atom. The van der Waals surface area contributed by atoms with Crippen molar-refractivity contribution in [2.24, 2.45) is 0 Å². The Balaban J connectivity index is 1.21. The summed E-state index contributed by atoms with van der Waals surface area (Å²) in [5.41, 5.74) is 6.77. The zero-order chi connectivity index (χ0) is 26.9. The van der Waals surface area contributed by atoms with Gasteiger partial charge in [0, 0.05) is 48.2 Å². The molecule has 0 bridgehead atoms. The summed E-state index contributed by atoms with van der Waals surface area (Å²) < 4.78 is 0. The van der Waals surface area contributed by atoms with Gasteiger partial charge >= 0.3 is 0 Å². The van der Waals surface area contributed by atoms with E-state index in [-0.39, 0.29) is 24.0 Å². The average Bonchev–Trinajstić information content (AvgIpc) is 3.23. The number of carbonyl (C=O) groups is 2. The lowest BCUT2D eigenvalue weighted by Gasteiger charge is -2.26. The fraction of sp³-hybridized carbons (Fsp3) is 0.212. The molecule has 6 heteroatoms. The van der Waals surface area contributed by atoms with Gasteiger partial charge in [0.25, 0.3) is 11.8 Å². The Hall–Kier alpha value is -4.26. The number of para-hydroxylation sites is 1. The van der Waals surface area contributed by atoms with Crippen LogP contribution in [0.3, 0.4) is 0 Å². The average molecular weight is 518 g/mol. The van der Waals surface area contributed by atoms with Crippen LogP contribution in [0.1, 0.15) is 38.3 Å². The number of nitrogens with zero attached hydrogens (tertiary/aromatic N) is 2. The van der Waals surface area contributed by atoms with Crippen molar-refractivity contribution in [3.05, 3.63) is 119 Å². The normalized spacial score (nSPS) is 18.7. The van der Waals surface area contributed by atoms with E-state index in [1.807, 2.05) is 78.6 Å². The van der Waals surface area contributed by atoms with Crippen molar-refractivity contribution < 1.29 is 14.7 Å². The van der Waals surface area contributed by atoms with E-state index in [0.29, 0.717) is 36.3 Å². The minimum Gasteiger partial charge on any atom is -0.392 e. The van der Waals surface area contributed by atoms with Crippen LogP contribution in [0.5, 0.6) is 0 Å². The molecule has 6 nitrogen and oxygen atoms in total. The molecule has 2 N–H and O–H groups in total. The number of anilines is 2. The van der Waals surface area contributed by atoms with E-state index in [1.165, 1.54) is 0 Å². The van der Waals surface area contributed by atoms with Gasteiger partial charge in [0.15, 0.2) is 0 Å². The Morgan fingerprint density at radius 3 is 2.36 bits per heavy atom. The van der Waals surface area contributed by atoms with Gasteiger partial charge in [-0.15, -0.1) is 0 Å². The van der Waals surface area contributed by atoms with Gasteiger partial charge in [-0.2, -0.15) is 0 Å². The molecule has 0 unspecified atom stereocenters. The van der Waals surface area contributed by atoms with Crippen molar-refractivity contribution in [3.8, 4) is 11.1 Å². The second-order valence-electron chi connectivity index (χ2n) is 10.5. The van der Waals surface area contributed by atoms with Gasteiger partial charge < -0.3 is 15.3 Å². The SMILES string of the molecule is Cc1ccc(-c2ccccc2C(=O)Nc2ccc(C(=O)N3C[C@H]4C[C@@H](O)CN4Cc4ccccc43)cc2)cc1. The van der Waals surface area contributed by atoms with E-state index >= 15 is 0 Å². The summed E-state index contributed by atoms with van der Waals surface area (Å²) >= 11 is 0. The fourth-order valence-corrected chi connectivity index (χ4v) is 5.69. The Labute approximate surface area is 228 Å². The molecule has 1 saturated heterocycles. The molecular weight excluding hydrogens is 486 g/mol. The predicted molar refractivity (Wildman–Crippen MR) is 154 cm³/mol. The summed E-state index contributed by atoms with van der Waals surface area (Å²) in [4.78, 5) is 31.1. The first kappa shape index (κ1) is 25.0. The third kappa shape index (κ3) is 5.09. The van der Waals surface area contributed by atoms with Gasteiger partial charge in [0.2, 0.25) is 0 Å². The zero-order valence-electron chi connectivity index (χ0n) is 21.9. The minimum absolute atomic E-state index is 0.0896. The van der Waals surface area contributed by atoms with Crippen molar-refractivity contribution in [1.82, 2.24) is 4.90 Å². The highest BCUT2D eigenvalue weighted by molar-refractivity contribution is 6.10. The Bertz CT molecular complexity index is 1510. The van der Waals surface area contributed by atoms with Gasteiger partial charge in [0.1, 0.15) is 0 Å². The molecule has 1 fully saturated rings. The number of aryl methyl sites for hydroxylation is 1. The lowest BCUT2D eigenvalue weighted by molar-refractivity contribution is 0.0980. The van der Waals surface area contributed by atoms with Crippen LogP contribution in [0.15, 0.2) is 97.1 Å². The number of nitrogens with one attached hydrogen (secondary N) is 1. The van der Waals surface area contributed by atoms with Gasteiger partial charge in [-0.1, -0.05) is 66.2 Å². The minimum atomic E-state index is -0.365. The maximum atomic E-state index is 13.7. The lowest BCUT2D eigenvalue weighted by Crippen LogP contribution is -2.40. The Kier molecular flexibility index (Phi) is 6.73. The van der Waals surface area contributed by atoms with Crippen LogP contribution in [-0.2, 0) is 6.54 Å². The standard InChI is InChI=1S/C33H31N3O3/c1-22-10-12-23(13-11-22)29-7-3-4-8-30(29)32(38)34-26-16-14-24(15-17-26)33(39)36-20-27-18-28(37)21-35(27)19-25-6-2-5-9-31(25)36/h2-17,27-28,37H,18-21H2,1H3,(H,34,38)/t27-,28-/m1/s1. The quantitative estimate of drug-likeness (QED) is 0.375. The molecule has 196 valence electrons. The smallest absolute Gasteiger partial charge is 0.258 e. The number of aliphatic hydroxyl groups is 1. The van der Waals surface area contributed by atoms with Gasteiger partial charge in [-0.25, -0.2) is 0 Å². The van der Waals surface area contributed by atoms with Crippen molar-refractivity contribution >= 4 is 23.2 Å². The van der Waals surface area contributed by atoms with Crippen LogP contribution >= 0.6 is 0 Å². The molecular formula is C33H31N3O3. The van der Waals surface area contributed by atoms with Crippen molar-refractivity contribution in [2.75, 3.05) is 23.3 Å². The number of amides is 2. The summed E-state index contributed by atoms with van der Waals surface area (Å²) in [5, 5.41) is 13.2. The number of aliphatic hydroxyl groups excluding tert-OH is 1. The molecule has 0 saturated carbocycles. The van der Waals surface area contributed by atoms with Gasteiger partial charge in [0.05, 0.1) is 6.10 Å². The molecule has 4 aromatic carbocycles. The predicted octanol–water partition coefficient (Wildman–Crippen LogP) is 5.51. The van der Waals surface area contributed by atoms with Crippen molar-refractivity contribution in [2.45, 2.75) is 32.0 Å². The van der Waals surface area contributed by atoms with Gasteiger partial charge in [-0.05, 0) is 66.4 Å². The molecule has 0 aliphatic carbocycles. The largest absolute Gasteiger partial charge is 0.392 e. The van der Waals surface area contributed by atoms with E-state index in [9.17, 15) is 14.7 Å². The summed E-state index contributed by atoms with van der Waals surface area (Å²) in [6.07, 6.45) is 0.295. The fourth-order valence-electron chi connectivity index (χ4n) is 5.69. The highest BCUT2D eigenvalue weighted by Crippen LogP contribution is 2.33. The molecule has 2 amide bonds. The number of hydrogen-bond donors (Lipinski definition) is 2. The summed E-state index contributed by atoms with van der Waals surface area (Å²) in [5.74, 6) is -0.292. The van der Waals surface area contributed by atoms with Crippen LogP contribution in [0.4, 0.5) is 11.4 Å². The molecule has 2 aliphatic heterocycles. The molecule has 2 aliphatic rings. The maximum Gasteiger partial charge on any atom is 0.258 e. The van der Waals surface area contributed by atoms with Crippen LogP contribution < -0.4 is 10.2 Å². The third-order valence-corrected chi connectivity index (χ3v) is 7.72. The summed E-state index contributed by atoms with van der Waals surface area (Å²) in [6, 6.07) is 30.8. The highest BCUT2D eigenvalue weighted by atomic mass is 16.3. The topological polar surface area (TPSA) is 72.9 Å². The number of hydrogen-bond acceptors (Lipinski definition) is 4. The van der Waals surface area contributed by atoms with Crippen LogP contribution in [0, 0.1) is 6.92 Å². The van der Waals surface area contributed by atoms with E-state index in [0.717, 1.165) is 34.5 Å². The molecule has 6 rings (SSSR count). The highest BCUT2D eigenvalue weighted by Gasteiger charge is 2.37. The number of benzene rings is 4. The molecule has 0 aromatic heterocycles. The molecule has 2 atom stereocenters. The first-order chi connectivity index (χ1) is 19.0. The molecule has 4 aromatic rings. The first-order valence-corrected chi connectivity index (χ1v) is 13.4. The second-order valence-corrected chi connectivity index (χ2v) is 10.5. The summed E-state index contributed by atoms with van der Waals surface area (Å²) in [6.45, 7) is 3.91. The molecule has 0 radical (unpaired) electrons. The first-order valence-electron chi connectivity index (χ1n) is 13.4. The van der Waals surface area contributed by atoms with Gasteiger partial charge in [-0.3, -0.25) is 14.5 Å². The van der Waals surface area contributed by atoms with E-state index in [4.69, 9.17) is 0 Å². The molecule has 2 heterocycles. The van der Waals surface area contributed by atoms with E-state index < -0.39 is 0 Å². The number of carbonyl (C=O) groups excluding carboxylic acids is 2. The van der Waals surface area contributed by atoms with E-state index in [1.54, 1.807) is 24.3 Å². The summed E-state index contributed by atoms with van der Waals surface area (Å²) in [7, 11) is 0. The molecule has 39 heavy (non-hydrogen) atoms. The Morgan fingerprint density at radius 1 is 0.846 bits per heavy atom. The van der Waals surface area contributed by atoms with Crippen LogP contribution in [-0.4, -0.2) is 47.1 Å². The zero-order valence-corrected chi connectivity index (χ0v) is 21.9. The second kappa shape index (κ2) is 10.5. The van der Waals surface area contributed by atoms with Crippen molar-refractivity contribution in [1.29, 1.82) is 0 Å². The van der Waals surface area contributed by atoms with Crippen LogP contribution in [0.2, 0.25) is 0 Å². The van der Waals surface area contributed by atoms with Crippen LogP contribution in [0.25, 0.3) is 11.1 Å². The number of rotatable bonds is 4. The van der Waals surface area contributed by atoms with Crippen molar-refractivity contribution in [3.63, 3.8) is 0 Å².